The van der Waals surface area contributed by atoms with Crippen molar-refractivity contribution < 1.29 is 14.7 Å². The molecule has 2 atom stereocenters. The van der Waals surface area contributed by atoms with Gasteiger partial charge in [-0.1, -0.05) is 23.7 Å². The largest absolute Gasteiger partial charge is 0.481 e. The van der Waals surface area contributed by atoms with Gasteiger partial charge in [-0.25, -0.2) is 4.79 Å². The number of amides is 2. The standard InChI is InChI=1S/C17H21ClN2O3/c18-12-5-1-10(2-6-12)14-9-15(14)20-17(23)19-13-7-3-11(4-8-13)16(21)22/h1-2,5-6,11,13-15H,3-4,7-9H2,(H,21,22)(H2,19,20,23)/t11?,13?,14-,15+/m0/s1. The Morgan fingerprint density at radius 1 is 1.04 bits per heavy atom. The number of hydrogen-bond acceptors (Lipinski definition) is 2. The summed E-state index contributed by atoms with van der Waals surface area (Å²) in [5.74, 6) is -0.619. The minimum Gasteiger partial charge on any atom is -0.481 e. The van der Waals surface area contributed by atoms with Crippen LogP contribution >= 0.6 is 11.6 Å². The molecule has 0 radical (unpaired) electrons. The fourth-order valence-electron chi connectivity index (χ4n) is 3.31. The van der Waals surface area contributed by atoms with E-state index in [1.54, 1.807) is 0 Å². The van der Waals surface area contributed by atoms with Gasteiger partial charge >= 0.3 is 12.0 Å². The van der Waals surface area contributed by atoms with Crippen LogP contribution in [0, 0.1) is 5.92 Å². The highest BCUT2D eigenvalue weighted by molar-refractivity contribution is 6.30. The van der Waals surface area contributed by atoms with Gasteiger partial charge in [0.25, 0.3) is 0 Å². The fraction of sp³-hybridized carbons (Fsp3) is 0.529. The molecule has 124 valence electrons. The summed E-state index contributed by atoms with van der Waals surface area (Å²) in [5, 5.41) is 15.7. The number of aliphatic carboxylic acids is 1. The first kappa shape index (κ1) is 16.1. The molecule has 2 amide bonds. The predicted molar refractivity (Wildman–Crippen MR) is 87.6 cm³/mol. The molecule has 2 fully saturated rings. The lowest BCUT2D eigenvalue weighted by Gasteiger charge is -2.26. The number of carboxylic acid groups (broad SMARTS) is 1. The summed E-state index contributed by atoms with van der Waals surface area (Å²) in [5.41, 5.74) is 1.20. The summed E-state index contributed by atoms with van der Waals surface area (Å²) in [6.07, 6.45) is 3.68. The number of benzene rings is 1. The van der Waals surface area contributed by atoms with E-state index in [-0.39, 0.29) is 24.0 Å². The van der Waals surface area contributed by atoms with Crippen molar-refractivity contribution in [2.75, 3.05) is 0 Å². The summed E-state index contributed by atoms with van der Waals surface area (Å²) >= 11 is 5.88. The fourth-order valence-corrected chi connectivity index (χ4v) is 3.44. The molecule has 0 saturated heterocycles. The van der Waals surface area contributed by atoms with Crippen LogP contribution in [0.2, 0.25) is 5.02 Å². The van der Waals surface area contributed by atoms with Gasteiger partial charge in [0.1, 0.15) is 0 Å². The molecule has 0 unspecified atom stereocenters. The van der Waals surface area contributed by atoms with E-state index in [9.17, 15) is 9.59 Å². The number of rotatable bonds is 4. The van der Waals surface area contributed by atoms with Gasteiger partial charge in [-0.2, -0.15) is 0 Å². The van der Waals surface area contributed by atoms with Crippen LogP contribution in [0.3, 0.4) is 0 Å². The molecule has 6 heteroatoms. The van der Waals surface area contributed by atoms with E-state index in [0.717, 1.165) is 19.3 Å². The van der Waals surface area contributed by atoms with Crippen LogP contribution in [-0.2, 0) is 4.79 Å². The first-order valence-corrected chi connectivity index (χ1v) is 8.46. The van der Waals surface area contributed by atoms with Gasteiger partial charge in [-0.05, 0) is 49.8 Å². The van der Waals surface area contributed by atoms with Crippen molar-refractivity contribution in [3.8, 4) is 0 Å². The van der Waals surface area contributed by atoms with E-state index in [4.69, 9.17) is 16.7 Å². The Morgan fingerprint density at radius 2 is 1.70 bits per heavy atom. The minimum atomic E-state index is -0.725. The number of carbonyl (C=O) groups excluding carboxylic acids is 1. The maximum absolute atomic E-state index is 12.0. The molecule has 5 nitrogen and oxygen atoms in total. The van der Waals surface area contributed by atoms with Crippen molar-refractivity contribution >= 4 is 23.6 Å². The molecule has 0 spiro atoms. The molecule has 0 aromatic heterocycles. The average molecular weight is 337 g/mol. The lowest BCUT2D eigenvalue weighted by Crippen LogP contribution is -2.45. The van der Waals surface area contributed by atoms with Gasteiger partial charge < -0.3 is 15.7 Å². The maximum atomic E-state index is 12.0. The normalized spacial score (nSPS) is 29.6. The van der Waals surface area contributed by atoms with Gasteiger partial charge in [0.15, 0.2) is 0 Å². The van der Waals surface area contributed by atoms with E-state index < -0.39 is 5.97 Å². The van der Waals surface area contributed by atoms with E-state index in [2.05, 4.69) is 10.6 Å². The zero-order chi connectivity index (χ0) is 16.4. The van der Waals surface area contributed by atoms with Crippen molar-refractivity contribution in [1.82, 2.24) is 10.6 Å². The number of carbonyl (C=O) groups is 2. The Morgan fingerprint density at radius 3 is 2.30 bits per heavy atom. The number of carboxylic acids is 1. The molecule has 3 rings (SSSR count). The molecule has 2 aliphatic carbocycles. The SMILES string of the molecule is O=C(NC1CCC(C(=O)O)CC1)N[C@@H]1C[C@H]1c1ccc(Cl)cc1. The first-order valence-electron chi connectivity index (χ1n) is 8.08. The Hall–Kier alpha value is -1.75. The zero-order valence-corrected chi connectivity index (χ0v) is 13.6. The van der Waals surface area contributed by atoms with Gasteiger partial charge in [0, 0.05) is 23.0 Å². The highest BCUT2D eigenvalue weighted by atomic mass is 35.5. The van der Waals surface area contributed by atoms with Gasteiger partial charge in [-0.3, -0.25) is 4.79 Å². The quantitative estimate of drug-likeness (QED) is 0.790. The van der Waals surface area contributed by atoms with Crippen LogP contribution in [-0.4, -0.2) is 29.2 Å². The summed E-state index contributed by atoms with van der Waals surface area (Å²) in [6, 6.07) is 7.84. The molecule has 23 heavy (non-hydrogen) atoms. The average Bonchev–Trinajstić information content (AvgIpc) is 3.27. The third kappa shape index (κ3) is 4.16. The van der Waals surface area contributed by atoms with Crippen molar-refractivity contribution in [2.24, 2.45) is 5.92 Å². The monoisotopic (exact) mass is 336 g/mol. The van der Waals surface area contributed by atoms with Crippen molar-refractivity contribution in [3.63, 3.8) is 0 Å². The molecule has 1 aromatic carbocycles. The second kappa shape index (κ2) is 6.79. The third-order valence-electron chi connectivity index (χ3n) is 4.82. The summed E-state index contributed by atoms with van der Waals surface area (Å²) in [6.45, 7) is 0. The lowest BCUT2D eigenvalue weighted by atomic mass is 9.86. The van der Waals surface area contributed by atoms with Crippen LogP contribution in [0.25, 0.3) is 0 Å². The van der Waals surface area contributed by atoms with E-state index in [1.807, 2.05) is 24.3 Å². The molecular weight excluding hydrogens is 316 g/mol. The molecule has 2 aliphatic rings. The molecule has 0 bridgehead atoms. The smallest absolute Gasteiger partial charge is 0.315 e. The van der Waals surface area contributed by atoms with Crippen LogP contribution in [0.5, 0.6) is 0 Å². The molecule has 2 saturated carbocycles. The number of halogens is 1. The third-order valence-corrected chi connectivity index (χ3v) is 5.07. The van der Waals surface area contributed by atoms with Crippen molar-refractivity contribution in [3.05, 3.63) is 34.9 Å². The highest BCUT2D eigenvalue weighted by Gasteiger charge is 2.39. The lowest BCUT2D eigenvalue weighted by molar-refractivity contribution is -0.142. The Bertz CT molecular complexity index is 582. The van der Waals surface area contributed by atoms with Gasteiger partial charge in [0.05, 0.1) is 5.92 Å². The highest BCUT2D eigenvalue weighted by Crippen LogP contribution is 2.41. The van der Waals surface area contributed by atoms with Gasteiger partial charge in [0.2, 0.25) is 0 Å². The van der Waals surface area contributed by atoms with Crippen LogP contribution in [0.1, 0.15) is 43.6 Å². The Kier molecular flexibility index (Phi) is 4.76. The van der Waals surface area contributed by atoms with E-state index in [0.29, 0.717) is 23.8 Å². The van der Waals surface area contributed by atoms with Crippen LogP contribution < -0.4 is 10.6 Å². The number of hydrogen-bond donors (Lipinski definition) is 3. The van der Waals surface area contributed by atoms with Crippen LogP contribution in [0.4, 0.5) is 4.79 Å². The van der Waals surface area contributed by atoms with Crippen molar-refractivity contribution in [2.45, 2.75) is 50.1 Å². The van der Waals surface area contributed by atoms with Gasteiger partial charge in [-0.15, -0.1) is 0 Å². The Labute approximate surface area is 140 Å². The second-order valence-electron chi connectivity index (χ2n) is 6.50. The number of nitrogens with one attached hydrogen (secondary N) is 2. The molecule has 3 N–H and O–H groups in total. The van der Waals surface area contributed by atoms with Crippen molar-refractivity contribution in [1.29, 1.82) is 0 Å². The first-order chi connectivity index (χ1) is 11.0. The summed E-state index contributed by atoms with van der Waals surface area (Å²) in [7, 11) is 0. The molecular formula is C17H21ClN2O3. The van der Waals surface area contributed by atoms with Crippen LogP contribution in [0.15, 0.2) is 24.3 Å². The minimum absolute atomic E-state index is 0.0818. The maximum Gasteiger partial charge on any atom is 0.315 e. The van der Waals surface area contributed by atoms with E-state index >= 15 is 0 Å². The zero-order valence-electron chi connectivity index (χ0n) is 12.8. The predicted octanol–water partition coefficient (Wildman–Crippen LogP) is 3.14. The topological polar surface area (TPSA) is 78.4 Å². The second-order valence-corrected chi connectivity index (χ2v) is 6.94. The molecule has 0 aliphatic heterocycles. The molecule has 1 aromatic rings. The Balaban J connectivity index is 1.41. The summed E-state index contributed by atoms with van der Waals surface area (Å²) in [4.78, 5) is 23.0. The number of urea groups is 1. The summed E-state index contributed by atoms with van der Waals surface area (Å²) < 4.78 is 0. The van der Waals surface area contributed by atoms with E-state index in [1.165, 1.54) is 5.56 Å². The molecule has 0 heterocycles.